The fraction of sp³-hybridized carbons (Fsp3) is 0.500. The van der Waals surface area contributed by atoms with Crippen molar-refractivity contribution in [3.05, 3.63) is 41.7 Å². The molecule has 1 aromatic carbocycles. The Bertz CT molecular complexity index is 715. The number of anilines is 1. The third kappa shape index (κ3) is 4.43. The summed E-state index contributed by atoms with van der Waals surface area (Å²) in [6.45, 7) is 4.97. The Labute approximate surface area is 155 Å². The second-order valence-electron chi connectivity index (χ2n) is 6.86. The van der Waals surface area contributed by atoms with Crippen LogP contribution in [-0.4, -0.2) is 55.3 Å². The number of hydrogen-bond acceptors (Lipinski definition) is 6. The van der Waals surface area contributed by atoms with Crippen molar-refractivity contribution in [3.63, 3.8) is 0 Å². The fourth-order valence-corrected chi connectivity index (χ4v) is 3.48. The second kappa shape index (κ2) is 8.36. The average Bonchev–Trinajstić information content (AvgIpc) is 2.67. The van der Waals surface area contributed by atoms with Crippen LogP contribution >= 0.6 is 0 Å². The number of benzene rings is 1. The van der Waals surface area contributed by atoms with Gasteiger partial charge in [0.25, 0.3) is 0 Å². The van der Waals surface area contributed by atoms with E-state index in [1.807, 2.05) is 25.3 Å². The van der Waals surface area contributed by atoms with Crippen LogP contribution < -0.4 is 14.4 Å². The third-order valence-corrected chi connectivity index (χ3v) is 4.94. The summed E-state index contributed by atoms with van der Waals surface area (Å²) in [5.41, 5.74) is 2.20. The second-order valence-corrected chi connectivity index (χ2v) is 6.86. The predicted molar refractivity (Wildman–Crippen MR) is 103 cm³/mol. The molecule has 140 valence electrons. The molecule has 0 N–H and O–H groups in total. The molecular weight excluding hydrogens is 328 g/mol. The molecule has 1 fully saturated rings. The Morgan fingerprint density at radius 3 is 2.58 bits per heavy atom. The zero-order valence-corrected chi connectivity index (χ0v) is 16.1. The lowest BCUT2D eigenvalue weighted by molar-refractivity contribution is 0.197. The molecule has 1 atom stereocenters. The van der Waals surface area contributed by atoms with Crippen molar-refractivity contribution < 1.29 is 9.47 Å². The molecule has 1 aliphatic rings. The molecular formula is C20H28N4O2. The number of rotatable bonds is 6. The quantitative estimate of drug-likeness (QED) is 0.793. The van der Waals surface area contributed by atoms with Gasteiger partial charge in [-0.05, 0) is 50.1 Å². The molecule has 1 aliphatic heterocycles. The minimum Gasteiger partial charge on any atom is -0.497 e. The molecule has 1 unspecified atom stereocenters. The van der Waals surface area contributed by atoms with E-state index in [9.17, 15) is 0 Å². The maximum atomic E-state index is 5.39. The molecule has 26 heavy (non-hydrogen) atoms. The molecule has 0 amide bonds. The lowest BCUT2D eigenvalue weighted by Crippen LogP contribution is -2.46. The first-order valence-electron chi connectivity index (χ1n) is 9.06. The third-order valence-electron chi connectivity index (χ3n) is 4.94. The van der Waals surface area contributed by atoms with Crippen molar-refractivity contribution in [1.29, 1.82) is 0 Å². The summed E-state index contributed by atoms with van der Waals surface area (Å²) < 4.78 is 10.8. The zero-order valence-electron chi connectivity index (χ0n) is 16.1. The van der Waals surface area contributed by atoms with Gasteiger partial charge in [-0.25, -0.2) is 9.97 Å². The number of methoxy groups -OCH3 is 2. The number of aryl methyl sites for hydroxylation is 1. The summed E-state index contributed by atoms with van der Waals surface area (Å²) in [6.07, 6.45) is 4.16. The largest absolute Gasteiger partial charge is 0.497 e. The molecule has 0 bridgehead atoms. The number of likely N-dealkylation sites (tertiary alicyclic amines) is 1. The van der Waals surface area contributed by atoms with Gasteiger partial charge in [0.15, 0.2) is 0 Å². The molecule has 1 aromatic heterocycles. The standard InChI is InChI=1S/C20H28N4O2/c1-15-7-8-21-20(22-15)23(2)17-6-5-9-24(14-17)13-16-10-18(25-3)12-19(11-16)26-4/h7-8,10-12,17H,5-6,9,13-14H2,1-4H3. The molecule has 6 nitrogen and oxygen atoms in total. The number of nitrogens with zero attached hydrogens (tertiary/aromatic N) is 4. The highest BCUT2D eigenvalue weighted by Crippen LogP contribution is 2.25. The summed E-state index contributed by atoms with van der Waals surface area (Å²) >= 11 is 0. The number of ether oxygens (including phenoxy) is 2. The van der Waals surface area contributed by atoms with E-state index < -0.39 is 0 Å². The maximum absolute atomic E-state index is 5.39. The van der Waals surface area contributed by atoms with Crippen LogP contribution in [0.1, 0.15) is 24.1 Å². The van der Waals surface area contributed by atoms with Crippen LogP contribution in [0.3, 0.4) is 0 Å². The fourth-order valence-electron chi connectivity index (χ4n) is 3.48. The molecule has 1 saturated heterocycles. The van der Waals surface area contributed by atoms with Gasteiger partial charge < -0.3 is 14.4 Å². The lowest BCUT2D eigenvalue weighted by atomic mass is 10.0. The summed E-state index contributed by atoms with van der Waals surface area (Å²) in [5.74, 6) is 2.47. The number of hydrogen-bond donors (Lipinski definition) is 0. The van der Waals surface area contributed by atoms with Crippen LogP contribution in [0.2, 0.25) is 0 Å². The van der Waals surface area contributed by atoms with Crippen molar-refractivity contribution in [2.75, 3.05) is 39.3 Å². The highest BCUT2D eigenvalue weighted by atomic mass is 16.5. The van der Waals surface area contributed by atoms with Crippen molar-refractivity contribution in [2.45, 2.75) is 32.4 Å². The van der Waals surface area contributed by atoms with E-state index >= 15 is 0 Å². The van der Waals surface area contributed by atoms with Crippen molar-refractivity contribution in [2.24, 2.45) is 0 Å². The van der Waals surface area contributed by atoms with Gasteiger partial charge in [0.05, 0.1) is 14.2 Å². The SMILES string of the molecule is COc1cc(CN2CCCC(N(C)c3nccc(C)n3)C2)cc(OC)c1. The molecule has 6 heteroatoms. The van der Waals surface area contributed by atoms with E-state index in [0.29, 0.717) is 6.04 Å². The van der Waals surface area contributed by atoms with E-state index in [0.717, 1.165) is 49.2 Å². The number of aromatic nitrogens is 2. The highest BCUT2D eigenvalue weighted by Gasteiger charge is 2.25. The van der Waals surface area contributed by atoms with Crippen molar-refractivity contribution in [3.8, 4) is 11.5 Å². The summed E-state index contributed by atoms with van der Waals surface area (Å²) in [5, 5.41) is 0. The zero-order chi connectivity index (χ0) is 18.5. The topological polar surface area (TPSA) is 50.7 Å². The smallest absolute Gasteiger partial charge is 0.225 e. The van der Waals surface area contributed by atoms with E-state index in [1.54, 1.807) is 14.2 Å². The van der Waals surface area contributed by atoms with E-state index in [-0.39, 0.29) is 0 Å². The van der Waals surface area contributed by atoms with Crippen LogP contribution in [0.5, 0.6) is 11.5 Å². The number of piperidine rings is 1. The molecule has 3 rings (SSSR count). The molecule has 2 aromatic rings. The van der Waals surface area contributed by atoms with Crippen LogP contribution in [-0.2, 0) is 6.54 Å². The Kier molecular flexibility index (Phi) is 5.93. The summed E-state index contributed by atoms with van der Waals surface area (Å²) in [4.78, 5) is 13.7. The summed E-state index contributed by atoms with van der Waals surface area (Å²) in [6, 6.07) is 8.42. The van der Waals surface area contributed by atoms with Crippen LogP contribution in [0.4, 0.5) is 5.95 Å². The first-order valence-corrected chi connectivity index (χ1v) is 9.06. The monoisotopic (exact) mass is 356 g/mol. The summed E-state index contributed by atoms with van der Waals surface area (Å²) in [7, 11) is 5.47. The minimum atomic E-state index is 0.415. The van der Waals surface area contributed by atoms with Crippen molar-refractivity contribution in [1.82, 2.24) is 14.9 Å². The Hall–Kier alpha value is -2.34. The molecule has 0 aliphatic carbocycles. The van der Waals surface area contributed by atoms with E-state index in [1.165, 1.54) is 12.0 Å². The van der Waals surface area contributed by atoms with Gasteiger partial charge in [-0.3, -0.25) is 4.90 Å². The Balaban J connectivity index is 1.69. The Morgan fingerprint density at radius 2 is 1.92 bits per heavy atom. The van der Waals surface area contributed by atoms with E-state index in [2.05, 4.69) is 38.9 Å². The minimum absolute atomic E-state index is 0.415. The van der Waals surface area contributed by atoms with Crippen molar-refractivity contribution >= 4 is 5.95 Å². The van der Waals surface area contributed by atoms with Gasteiger partial charge in [-0.2, -0.15) is 0 Å². The van der Waals surface area contributed by atoms with Gasteiger partial charge in [0, 0.05) is 44.1 Å². The van der Waals surface area contributed by atoms with Gasteiger partial charge in [0.1, 0.15) is 11.5 Å². The first kappa shape index (κ1) is 18.5. The van der Waals surface area contributed by atoms with Gasteiger partial charge in [-0.15, -0.1) is 0 Å². The molecule has 0 saturated carbocycles. The normalized spacial score (nSPS) is 17.8. The van der Waals surface area contributed by atoms with Crippen LogP contribution in [0.15, 0.2) is 30.5 Å². The van der Waals surface area contributed by atoms with Gasteiger partial charge in [0.2, 0.25) is 5.95 Å². The maximum Gasteiger partial charge on any atom is 0.225 e. The molecule has 2 heterocycles. The molecule has 0 radical (unpaired) electrons. The average molecular weight is 356 g/mol. The Morgan fingerprint density at radius 1 is 1.19 bits per heavy atom. The number of likely N-dealkylation sites (N-methyl/N-ethyl adjacent to an activating group) is 1. The van der Waals surface area contributed by atoms with Crippen LogP contribution in [0, 0.1) is 6.92 Å². The van der Waals surface area contributed by atoms with Gasteiger partial charge >= 0.3 is 0 Å². The van der Waals surface area contributed by atoms with Gasteiger partial charge in [-0.1, -0.05) is 0 Å². The highest BCUT2D eigenvalue weighted by molar-refractivity contribution is 5.38. The molecule has 0 spiro atoms. The first-order chi connectivity index (χ1) is 12.6. The predicted octanol–water partition coefficient (Wildman–Crippen LogP) is 2.90. The van der Waals surface area contributed by atoms with Crippen LogP contribution in [0.25, 0.3) is 0 Å². The van der Waals surface area contributed by atoms with E-state index in [4.69, 9.17) is 9.47 Å². The lowest BCUT2D eigenvalue weighted by Gasteiger charge is -2.37.